The second kappa shape index (κ2) is 4.00. The zero-order valence-electron chi connectivity index (χ0n) is 7.18. The van der Waals surface area contributed by atoms with Crippen molar-refractivity contribution in [3.05, 3.63) is 32.7 Å². The van der Waals surface area contributed by atoms with E-state index in [1.165, 1.54) is 0 Å². The molecule has 0 saturated carbocycles. The van der Waals surface area contributed by atoms with E-state index in [0.29, 0.717) is 6.54 Å². The van der Waals surface area contributed by atoms with Gasteiger partial charge in [-0.1, -0.05) is 31.9 Å². The van der Waals surface area contributed by atoms with Crippen LogP contribution in [-0.4, -0.2) is 12.5 Å². The molecule has 1 heterocycles. The summed E-state index contributed by atoms with van der Waals surface area (Å²) in [5.74, 6) is 0.0334. The first-order valence-corrected chi connectivity index (χ1v) is 5.72. The third-order valence-corrected chi connectivity index (χ3v) is 2.91. The third kappa shape index (κ3) is 2.16. The molecule has 1 aromatic carbocycles. The van der Waals surface area contributed by atoms with Crippen molar-refractivity contribution < 1.29 is 4.79 Å². The van der Waals surface area contributed by atoms with Gasteiger partial charge in [0.2, 0.25) is 5.91 Å². The van der Waals surface area contributed by atoms with Gasteiger partial charge in [-0.2, -0.15) is 0 Å². The quantitative estimate of drug-likeness (QED) is 0.830. The Morgan fingerprint density at radius 2 is 1.86 bits per heavy atom. The lowest BCUT2D eigenvalue weighted by atomic mass is 10.2. The SMILES string of the molecule is O=C1CNC(c2cc(Br)cc(Br)c2)N1. The lowest BCUT2D eigenvalue weighted by Crippen LogP contribution is -2.22. The number of nitrogens with one attached hydrogen (secondary N) is 2. The molecular weight excluding hydrogens is 312 g/mol. The van der Waals surface area contributed by atoms with Crippen LogP contribution in [-0.2, 0) is 4.79 Å². The summed E-state index contributed by atoms with van der Waals surface area (Å²) in [5, 5.41) is 5.91. The molecule has 0 bridgehead atoms. The molecule has 0 radical (unpaired) electrons. The second-order valence-corrected chi connectivity index (χ2v) is 4.92. The van der Waals surface area contributed by atoms with E-state index in [1.807, 2.05) is 18.2 Å². The van der Waals surface area contributed by atoms with Crippen molar-refractivity contribution in [2.24, 2.45) is 0 Å². The zero-order valence-corrected chi connectivity index (χ0v) is 10.4. The average Bonchev–Trinajstić information content (AvgIpc) is 2.50. The number of carbonyl (C=O) groups is 1. The molecule has 3 nitrogen and oxygen atoms in total. The Bertz CT molecular complexity index is 361. The highest BCUT2D eigenvalue weighted by Gasteiger charge is 2.21. The van der Waals surface area contributed by atoms with Crippen molar-refractivity contribution in [2.45, 2.75) is 6.17 Å². The maximum absolute atomic E-state index is 11.0. The Labute approximate surface area is 98.5 Å². The van der Waals surface area contributed by atoms with Crippen LogP contribution in [0.25, 0.3) is 0 Å². The lowest BCUT2D eigenvalue weighted by Gasteiger charge is -2.11. The van der Waals surface area contributed by atoms with Crippen LogP contribution >= 0.6 is 31.9 Å². The van der Waals surface area contributed by atoms with E-state index in [0.717, 1.165) is 14.5 Å². The Morgan fingerprint density at radius 3 is 2.36 bits per heavy atom. The van der Waals surface area contributed by atoms with Gasteiger partial charge in [-0.25, -0.2) is 0 Å². The standard InChI is InChI=1S/C9H8Br2N2O/c10-6-1-5(2-7(11)3-6)9-12-4-8(14)13-9/h1-3,9,12H,4H2,(H,13,14). The highest BCUT2D eigenvalue weighted by molar-refractivity contribution is 9.11. The van der Waals surface area contributed by atoms with Crippen LogP contribution in [0.15, 0.2) is 27.1 Å². The first-order chi connectivity index (χ1) is 6.65. The van der Waals surface area contributed by atoms with Crippen molar-refractivity contribution in [1.29, 1.82) is 0 Å². The van der Waals surface area contributed by atoms with E-state index < -0.39 is 0 Å². The number of benzene rings is 1. The summed E-state index contributed by atoms with van der Waals surface area (Å²) in [7, 11) is 0. The summed E-state index contributed by atoms with van der Waals surface area (Å²) in [5.41, 5.74) is 1.04. The molecule has 1 fully saturated rings. The first kappa shape index (κ1) is 10.1. The van der Waals surface area contributed by atoms with Crippen LogP contribution in [0.3, 0.4) is 0 Å². The van der Waals surface area contributed by atoms with Crippen LogP contribution in [0.2, 0.25) is 0 Å². The average molecular weight is 320 g/mol. The van der Waals surface area contributed by atoms with Crippen LogP contribution in [0.5, 0.6) is 0 Å². The summed E-state index contributed by atoms with van der Waals surface area (Å²) in [6, 6.07) is 5.92. The third-order valence-electron chi connectivity index (χ3n) is 1.99. The van der Waals surface area contributed by atoms with Crippen molar-refractivity contribution in [1.82, 2.24) is 10.6 Å². The van der Waals surface area contributed by atoms with Crippen LogP contribution < -0.4 is 10.6 Å². The molecule has 1 saturated heterocycles. The summed E-state index contributed by atoms with van der Waals surface area (Å²) >= 11 is 6.81. The van der Waals surface area contributed by atoms with Gasteiger partial charge in [-0.05, 0) is 23.8 Å². The normalized spacial score (nSPS) is 21.0. The van der Waals surface area contributed by atoms with Gasteiger partial charge in [-0.3, -0.25) is 10.1 Å². The molecule has 1 aliphatic rings. The van der Waals surface area contributed by atoms with Crippen LogP contribution in [0.1, 0.15) is 11.7 Å². The van der Waals surface area contributed by atoms with E-state index in [4.69, 9.17) is 0 Å². The Morgan fingerprint density at radius 1 is 1.21 bits per heavy atom. The fraction of sp³-hybridized carbons (Fsp3) is 0.222. The predicted octanol–water partition coefficient (Wildman–Crippen LogP) is 1.93. The minimum atomic E-state index is -0.0729. The van der Waals surface area contributed by atoms with Gasteiger partial charge in [0, 0.05) is 8.95 Å². The Kier molecular flexibility index (Phi) is 2.90. The monoisotopic (exact) mass is 318 g/mol. The second-order valence-electron chi connectivity index (χ2n) is 3.08. The summed E-state index contributed by atoms with van der Waals surface area (Å²) in [6.07, 6.45) is -0.0729. The smallest absolute Gasteiger partial charge is 0.235 e. The van der Waals surface area contributed by atoms with Gasteiger partial charge < -0.3 is 5.32 Å². The maximum Gasteiger partial charge on any atom is 0.235 e. The molecular formula is C9H8Br2N2O. The molecule has 2 rings (SSSR count). The van der Waals surface area contributed by atoms with Gasteiger partial charge in [0.15, 0.2) is 0 Å². The maximum atomic E-state index is 11.0. The predicted molar refractivity (Wildman–Crippen MR) is 60.7 cm³/mol. The number of rotatable bonds is 1. The van der Waals surface area contributed by atoms with E-state index in [2.05, 4.69) is 42.5 Å². The number of amides is 1. The van der Waals surface area contributed by atoms with Crippen LogP contribution in [0, 0.1) is 0 Å². The molecule has 0 spiro atoms. The molecule has 2 N–H and O–H groups in total. The van der Waals surface area contributed by atoms with Gasteiger partial charge in [0.05, 0.1) is 6.54 Å². The summed E-state index contributed by atoms with van der Waals surface area (Å²) < 4.78 is 1.98. The minimum absolute atomic E-state index is 0.0334. The summed E-state index contributed by atoms with van der Waals surface area (Å²) in [6.45, 7) is 0.384. The molecule has 1 aliphatic heterocycles. The van der Waals surface area contributed by atoms with E-state index >= 15 is 0 Å². The van der Waals surface area contributed by atoms with Crippen molar-refractivity contribution in [3.8, 4) is 0 Å². The molecule has 1 unspecified atom stereocenters. The molecule has 1 atom stereocenters. The molecule has 14 heavy (non-hydrogen) atoms. The Balaban J connectivity index is 2.27. The number of hydrogen-bond acceptors (Lipinski definition) is 2. The number of halogens is 2. The van der Waals surface area contributed by atoms with Gasteiger partial charge in [0.1, 0.15) is 6.17 Å². The van der Waals surface area contributed by atoms with Gasteiger partial charge in [-0.15, -0.1) is 0 Å². The highest BCUT2D eigenvalue weighted by Crippen LogP contribution is 2.24. The van der Waals surface area contributed by atoms with Crippen molar-refractivity contribution >= 4 is 37.8 Å². The van der Waals surface area contributed by atoms with Gasteiger partial charge >= 0.3 is 0 Å². The largest absolute Gasteiger partial charge is 0.336 e. The fourth-order valence-electron chi connectivity index (χ4n) is 1.40. The van der Waals surface area contributed by atoms with Crippen molar-refractivity contribution in [3.63, 3.8) is 0 Å². The first-order valence-electron chi connectivity index (χ1n) is 4.14. The Hall–Kier alpha value is -0.390. The summed E-state index contributed by atoms with van der Waals surface area (Å²) in [4.78, 5) is 11.0. The number of carbonyl (C=O) groups excluding carboxylic acids is 1. The van der Waals surface area contributed by atoms with Crippen LogP contribution in [0.4, 0.5) is 0 Å². The van der Waals surface area contributed by atoms with E-state index in [1.54, 1.807) is 0 Å². The number of hydrogen-bond donors (Lipinski definition) is 2. The minimum Gasteiger partial charge on any atom is -0.336 e. The molecule has 1 amide bonds. The fourth-order valence-corrected chi connectivity index (χ4v) is 2.73. The molecule has 0 aliphatic carbocycles. The molecule has 74 valence electrons. The van der Waals surface area contributed by atoms with E-state index in [9.17, 15) is 4.79 Å². The lowest BCUT2D eigenvalue weighted by molar-refractivity contribution is -0.118. The molecule has 1 aromatic rings. The van der Waals surface area contributed by atoms with E-state index in [-0.39, 0.29) is 12.1 Å². The molecule has 5 heteroatoms. The van der Waals surface area contributed by atoms with Gasteiger partial charge in [0.25, 0.3) is 0 Å². The molecule has 0 aromatic heterocycles. The highest BCUT2D eigenvalue weighted by atomic mass is 79.9. The zero-order chi connectivity index (χ0) is 10.1. The van der Waals surface area contributed by atoms with Crippen molar-refractivity contribution in [2.75, 3.05) is 6.54 Å². The topological polar surface area (TPSA) is 41.1 Å².